The SMILES string of the molecule is Cc1nnc(CSc2nnnn2-c2ccc(OC(F)(F)F)cc2)o1. The molecule has 0 N–H and O–H groups in total. The molecular formula is C12H9F3N6O2S. The lowest BCUT2D eigenvalue weighted by Gasteiger charge is -2.09. The molecule has 0 aliphatic heterocycles. The first kappa shape index (κ1) is 16.2. The van der Waals surface area contributed by atoms with E-state index in [-0.39, 0.29) is 5.75 Å². The summed E-state index contributed by atoms with van der Waals surface area (Å²) in [5.74, 6) is 0.900. The van der Waals surface area contributed by atoms with Gasteiger partial charge in [0.15, 0.2) is 0 Å². The Morgan fingerprint density at radius 3 is 2.54 bits per heavy atom. The van der Waals surface area contributed by atoms with Crippen molar-refractivity contribution < 1.29 is 22.3 Å². The largest absolute Gasteiger partial charge is 0.573 e. The number of nitrogens with zero attached hydrogens (tertiary/aromatic N) is 6. The van der Waals surface area contributed by atoms with Gasteiger partial charge in [-0.3, -0.25) is 0 Å². The van der Waals surface area contributed by atoms with Gasteiger partial charge in [-0.05, 0) is 34.7 Å². The highest BCUT2D eigenvalue weighted by atomic mass is 32.2. The molecule has 0 spiro atoms. The van der Waals surface area contributed by atoms with Crippen LogP contribution in [0.25, 0.3) is 5.69 Å². The van der Waals surface area contributed by atoms with E-state index in [4.69, 9.17) is 4.42 Å². The van der Waals surface area contributed by atoms with Crippen molar-refractivity contribution in [1.29, 1.82) is 0 Å². The van der Waals surface area contributed by atoms with Crippen molar-refractivity contribution in [1.82, 2.24) is 30.4 Å². The molecule has 24 heavy (non-hydrogen) atoms. The minimum Gasteiger partial charge on any atom is -0.425 e. The summed E-state index contributed by atoms with van der Waals surface area (Å²) in [5, 5.41) is 19.2. The van der Waals surface area contributed by atoms with Crippen LogP contribution in [0.4, 0.5) is 13.2 Å². The van der Waals surface area contributed by atoms with Gasteiger partial charge in [-0.15, -0.1) is 28.5 Å². The molecule has 12 heteroatoms. The maximum absolute atomic E-state index is 12.2. The van der Waals surface area contributed by atoms with E-state index in [0.717, 1.165) is 0 Å². The quantitative estimate of drug-likeness (QED) is 0.643. The van der Waals surface area contributed by atoms with E-state index in [1.807, 2.05) is 0 Å². The number of tetrazole rings is 1. The van der Waals surface area contributed by atoms with Crippen LogP contribution in [0, 0.1) is 6.92 Å². The Hall–Kier alpha value is -2.63. The molecule has 0 aliphatic carbocycles. The molecule has 0 saturated carbocycles. The van der Waals surface area contributed by atoms with Crippen molar-refractivity contribution in [3.05, 3.63) is 36.0 Å². The number of ether oxygens (including phenoxy) is 1. The second-order valence-corrected chi connectivity index (χ2v) is 5.36. The summed E-state index contributed by atoms with van der Waals surface area (Å²) < 4.78 is 46.9. The second-order valence-electron chi connectivity index (χ2n) is 4.42. The van der Waals surface area contributed by atoms with Crippen LogP contribution in [0.1, 0.15) is 11.8 Å². The molecule has 0 aliphatic rings. The van der Waals surface area contributed by atoms with Crippen molar-refractivity contribution in [2.75, 3.05) is 0 Å². The fourth-order valence-electron chi connectivity index (χ4n) is 1.74. The van der Waals surface area contributed by atoms with E-state index in [1.54, 1.807) is 6.92 Å². The lowest BCUT2D eigenvalue weighted by atomic mass is 10.3. The van der Waals surface area contributed by atoms with Crippen LogP contribution in [0.15, 0.2) is 33.8 Å². The number of aryl methyl sites for hydroxylation is 1. The lowest BCUT2D eigenvalue weighted by Crippen LogP contribution is -2.17. The molecule has 0 amide bonds. The molecule has 8 nitrogen and oxygen atoms in total. The van der Waals surface area contributed by atoms with Crippen molar-refractivity contribution in [3.63, 3.8) is 0 Å². The highest BCUT2D eigenvalue weighted by Gasteiger charge is 2.31. The minimum atomic E-state index is -4.74. The average Bonchev–Trinajstić information content (AvgIpc) is 3.13. The molecule has 1 aromatic carbocycles. The molecule has 0 atom stereocenters. The Morgan fingerprint density at radius 2 is 1.92 bits per heavy atom. The minimum absolute atomic E-state index is 0.324. The van der Waals surface area contributed by atoms with Crippen LogP contribution in [-0.2, 0) is 5.75 Å². The summed E-state index contributed by atoms with van der Waals surface area (Å²) in [6, 6.07) is 5.19. The summed E-state index contributed by atoms with van der Waals surface area (Å²) in [4.78, 5) is 0. The highest BCUT2D eigenvalue weighted by molar-refractivity contribution is 7.98. The summed E-state index contributed by atoms with van der Waals surface area (Å²) in [6.45, 7) is 1.68. The van der Waals surface area contributed by atoms with Crippen LogP contribution < -0.4 is 4.74 Å². The van der Waals surface area contributed by atoms with Crippen LogP contribution in [0.3, 0.4) is 0 Å². The van der Waals surface area contributed by atoms with Crippen LogP contribution in [0.2, 0.25) is 0 Å². The third kappa shape index (κ3) is 4.01. The lowest BCUT2D eigenvalue weighted by molar-refractivity contribution is -0.274. The first-order valence-electron chi connectivity index (χ1n) is 6.47. The van der Waals surface area contributed by atoms with Crippen LogP contribution in [-0.4, -0.2) is 36.8 Å². The van der Waals surface area contributed by atoms with Crippen LogP contribution >= 0.6 is 11.8 Å². The molecule has 126 valence electrons. The zero-order chi connectivity index (χ0) is 17.2. The Labute approximate surface area is 137 Å². The summed E-state index contributed by atoms with van der Waals surface area (Å²) in [6.07, 6.45) is -4.74. The smallest absolute Gasteiger partial charge is 0.425 e. The molecule has 0 unspecified atom stereocenters. The van der Waals surface area contributed by atoms with Gasteiger partial charge in [0.05, 0.1) is 11.4 Å². The van der Waals surface area contributed by atoms with Crippen molar-refractivity contribution in [3.8, 4) is 11.4 Å². The average molecular weight is 358 g/mol. The zero-order valence-electron chi connectivity index (χ0n) is 12.1. The van der Waals surface area contributed by atoms with E-state index in [1.165, 1.54) is 40.7 Å². The zero-order valence-corrected chi connectivity index (χ0v) is 12.9. The fourth-order valence-corrected chi connectivity index (χ4v) is 2.47. The predicted octanol–water partition coefficient (Wildman–Crippen LogP) is 2.54. The molecule has 0 saturated heterocycles. The number of alkyl halides is 3. The van der Waals surface area contributed by atoms with Gasteiger partial charge in [-0.2, -0.15) is 4.68 Å². The Kier molecular flexibility index (Phi) is 4.38. The van der Waals surface area contributed by atoms with E-state index in [0.29, 0.717) is 28.4 Å². The third-order valence-corrected chi connectivity index (χ3v) is 3.55. The first-order chi connectivity index (χ1) is 11.4. The molecule has 0 bridgehead atoms. The molecule has 0 radical (unpaired) electrons. The number of aromatic nitrogens is 6. The second kappa shape index (κ2) is 6.47. The molecule has 0 fully saturated rings. The molecule has 2 heterocycles. The maximum atomic E-state index is 12.2. The van der Waals surface area contributed by atoms with Gasteiger partial charge in [0.1, 0.15) is 5.75 Å². The highest BCUT2D eigenvalue weighted by Crippen LogP contribution is 2.25. The summed E-state index contributed by atoms with van der Waals surface area (Å²) in [5.41, 5.74) is 0.485. The number of halogens is 3. The molecule has 3 aromatic rings. The van der Waals surface area contributed by atoms with Gasteiger partial charge >= 0.3 is 6.36 Å². The van der Waals surface area contributed by atoms with Crippen molar-refractivity contribution in [2.24, 2.45) is 0 Å². The standard InChI is InChI=1S/C12H9F3N6O2S/c1-7-16-17-10(22-7)6-24-11-18-19-20-21(11)8-2-4-9(5-3-8)23-12(13,14)15/h2-5H,6H2,1H3. The van der Waals surface area contributed by atoms with Gasteiger partial charge < -0.3 is 9.15 Å². The van der Waals surface area contributed by atoms with Crippen molar-refractivity contribution >= 4 is 11.8 Å². The normalized spacial score (nSPS) is 11.7. The summed E-state index contributed by atoms with van der Waals surface area (Å²) >= 11 is 1.25. The Morgan fingerprint density at radius 1 is 1.17 bits per heavy atom. The molecular weight excluding hydrogens is 349 g/mol. The Balaban J connectivity index is 1.72. The van der Waals surface area contributed by atoms with E-state index in [9.17, 15) is 13.2 Å². The number of benzene rings is 1. The van der Waals surface area contributed by atoms with Gasteiger partial charge in [0.2, 0.25) is 16.9 Å². The first-order valence-corrected chi connectivity index (χ1v) is 7.45. The van der Waals surface area contributed by atoms with E-state index < -0.39 is 6.36 Å². The predicted molar refractivity (Wildman–Crippen MR) is 74.4 cm³/mol. The van der Waals surface area contributed by atoms with Gasteiger partial charge in [0.25, 0.3) is 0 Å². The van der Waals surface area contributed by atoms with E-state index in [2.05, 4.69) is 30.5 Å². The van der Waals surface area contributed by atoms with Gasteiger partial charge in [0, 0.05) is 6.92 Å². The van der Waals surface area contributed by atoms with E-state index >= 15 is 0 Å². The van der Waals surface area contributed by atoms with Crippen LogP contribution in [0.5, 0.6) is 5.75 Å². The number of thioether (sulfide) groups is 1. The number of hydrogen-bond donors (Lipinski definition) is 0. The molecule has 2 aromatic heterocycles. The topological polar surface area (TPSA) is 91.8 Å². The Bertz CT molecular complexity index is 817. The number of hydrogen-bond acceptors (Lipinski definition) is 8. The fraction of sp³-hybridized carbons (Fsp3) is 0.250. The third-order valence-electron chi connectivity index (χ3n) is 2.65. The van der Waals surface area contributed by atoms with Gasteiger partial charge in [-0.25, -0.2) is 0 Å². The van der Waals surface area contributed by atoms with Gasteiger partial charge in [-0.1, -0.05) is 11.8 Å². The summed E-state index contributed by atoms with van der Waals surface area (Å²) in [7, 11) is 0. The number of rotatable bonds is 5. The van der Waals surface area contributed by atoms with Crippen molar-refractivity contribution in [2.45, 2.75) is 24.2 Å². The maximum Gasteiger partial charge on any atom is 0.573 e. The molecule has 3 rings (SSSR count). The monoisotopic (exact) mass is 358 g/mol.